The molecule has 0 spiro atoms. The standard InChI is InChI=1S/C27H23FO4/c1-17(8-7-12-18-9-5-6-13-21(18)27(30)31)22-14-20(28)15-23-24(29)16-25(32-26(22)23)19-10-3-2-4-11-19/h2-6,9-11,13-17H,7-8,12H2,1H3,(H,30,31)/t17-/m0/s1. The smallest absolute Gasteiger partial charge is 0.335 e. The molecule has 0 bridgehead atoms. The van der Waals surface area contributed by atoms with E-state index in [1.807, 2.05) is 49.4 Å². The Balaban J connectivity index is 1.64. The molecular weight excluding hydrogens is 407 g/mol. The molecule has 0 radical (unpaired) electrons. The second-order valence-corrected chi connectivity index (χ2v) is 7.97. The van der Waals surface area contributed by atoms with Crippen LogP contribution in [0.5, 0.6) is 0 Å². The lowest BCUT2D eigenvalue weighted by molar-refractivity contribution is 0.0695. The van der Waals surface area contributed by atoms with Crippen molar-refractivity contribution in [2.45, 2.75) is 32.1 Å². The van der Waals surface area contributed by atoms with Crippen LogP contribution in [0.15, 0.2) is 82.0 Å². The molecule has 162 valence electrons. The van der Waals surface area contributed by atoms with E-state index in [0.717, 1.165) is 11.1 Å². The summed E-state index contributed by atoms with van der Waals surface area (Å²) in [5.74, 6) is -1.06. The maximum atomic E-state index is 14.3. The average Bonchev–Trinajstić information content (AvgIpc) is 2.79. The molecule has 4 aromatic rings. The fourth-order valence-corrected chi connectivity index (χ4v) is 4.06. The molecule has 1 N–H and O–H groups in total. The summed E-state index contributed by atoms with van der Waals surface area (Å²) < 4.78 is 20.5. The van der Waals surface area contributed by atoms with Crippen LogP contribution >= 0.6 is 0 Å². The molecule has 0 unspecified atom stereocenters. The van der Waals surface area contributed by atoms with Crippen LogP contribution < -0.4 is 5.43 Å². The van der Waals surface area contributed by atoms with Crippen LogP contribution in [-0.4, -0.2) is 11.1 Å². The van der Waals surface area contributed by atoms with Gasteiger partial charge in [0.25, 0.3) is 0 Å². The van der Waals surface area contributed by atoms with Gasteiger partial charge in [0.1, 0.15) is 17.2 Å². The van der Waals surface area contributed by atoms with Crippen molar-refractivity contribution < 1.29 is 18.7 Å². The van der Waals surface area contributed by atoms with Gasteiger partial charge in [0, 0.05) is 17.2 Å². The van der Waals surface area contributed by atoms with Crippen LogP contribution in [0.1, 0.15) is 47.2 Å². The number of aromatic carboxylic acids is 1. The zero-order valence-electron chi connectivity index (χ0n) is 17.7. The fraction of sp³-hybridized carbons (Fsp3) is 0.185. The van der Waals surface area contributed by atoms with E-state index in [1.54, 1.807) is 12.1 Å². The lowest BCUT2D eigenvalue weighted by Crippen LogP contribution is -2.06. The summed E-state index contributed by atoms with van der Waals surface area (Å²) in [6.45, 7) is 1.96. The first kappa shape index (κ1) is 21.5. The first-order valence-corrected chi connectivity index (χ1v) is 10.6. The Kier molecular flexibility index (Phi) is 6.17. The van der Waals surface area contributed by atoms with E-state index in [1.165, 1.54) is 18.2 Å². The van der Waals surface area contributed by atoms with Crippen LogP contribution in [0.3, 0.4) is 0 Å². The molecule has 0 aliphatic carbocycles. The summed E-state index contributed by atoms with van der Waals surface area (Å²) >= 11 is 0. The van der Waals surface area contributed by atoms with E-state index in [2.05, 4.69) is 0 Å². The predicted octanol–water partition coefficient (Wildman–Crippen LogP) is 6.42. The van der Waals surface area contributed by atoms with Gasteiger partial charge in [-0.25, -0.2) is 9.18 Å². The number of rotatable bonds is 7. The molecular formula is C27H23FO4. The number of halogens is 1. The number of carbonyl (C=O) groups is 1. The Morgan fingerprint density at radius 2 is 1.75 bits per heavy atom. The molecule has 1 atom stereocenters. The normalized spacial score (nSPS) is 12.1. The Bertz CT molecular complexity index is 1320. The maximum absolute atomic E-state index is 14.3. The summed E-state index contributed by atoms with van der Waals surface area (Å²) in [7, 11) is 0. The number of carboxylic acids is 1. The zero-order valence-corrected chi connectivity index (χ0v) is 17.7. The summed E-state index contributed by atoms with van der Waals surface area (Å²) in [6.07, 6.45) is 2.00. The third-order valence-electron chi connectivity index (χ3n) is 5.74. The number of carboxylic acid groups (broad SMARTS) is 1. The molecule has 4 nitrogen and oxygen atoms in total. The van der Waals surface area contributed by atoms with Gasteiger partial charge in [-0.2, -0.15) is 0 Å². The fourth-order valence-electron chi connectivity index (χ4n) is 4.06. The largest absolute Gasteiger partial charge is 0.478 e. The van der Waals surface area contributed by atoms with Crippen molar-refractivity contribution in [1.82, 2.24) is 0 Å². The third-order valence-corrected chi connectivity index (χ3v) is 5.74. The minimum Gasteiger partial charge on any atom is -0.478 e. The second kappa shape index (κ2) is 9.18. The van der Waals surface area contributed by atoms with Crippen molar-refractivity contribution in [2.75, 3.05) is 0 Å². The molecule has 5 heteroatoms. The van der Waals surface area contributed by atoms with Gasteiger partial charge in [0.2, 0.25) is 0 Å². The molecule has 1 aromatic heterocycles. The number of fused-ring (bicyclic) bond motifs is 1. The van der Waals surface area contributed by atoms with Crippen molar-refractivity contribution in [3.8, 4) is 11.3 Å². The average molecular weight is 430 g/mol. The molecule has 32 heavy (non-hydrogen) atoms. The molecule has 1 heterocycles. The van der Waals surface area contributed by atoms with Crippen LogP contribution in [0.4, 0.5) is 4.39 Å². The maximum Gasteiger partial charge on any atom is 0.335 e. The Labute approximate surface area is 185 Å². The first-order chi connectivity index (χ1) is 15.4. The summed E-state index contributed by atoms with van der Waals surface area (Å²) in [6, 6.07) is 20.3. The van der Waals surface area contributed by atoms with Gasteiger partial charge in [-0.15, -0.1) is 0 Å². The van der Waals surface area contributed by atoms with Crippen LogP contribution in [0.2, 0.25) is 0 Å². The van der Waals surface area contributed by atoms with Crippen molar-refractivity contribution >= 4 is 16.9 Å². The number of hydrogen-bond donors (Lipinski definition) is 1. The van der Waals surface area contributed by atoms with Crippen LogP contribution in [-0.2, 0) is 6.42 Å². The predicted molar refractivity (Wildman–Crippen MR) is 123 cm³/mol. The molecule has 4 rings (SSSR count). The van der Waals surface area contributed by atoms with Crippen molar-refractivity contribution in [1.29, 1.82) is 0 Å². The third kappa shape index (κ3) is 4.47. The van der Waals surface area contributed by atoms with E-state index in [9.17, 15) is 19.1 Å². The molecule has 3 aromatic carbocycles. The topological polar surface area (TPSA) is 67.5 Å². The Morgan fingerprint density at radius 1 is 1.03 bits per heavy atom. The lowest BCUT2D eigenvalue weighted by Gasteiger charge is -2.15. The van der Waals surface area contributed by atoms with E-state index >= 15 is 0 Å². The van der Waals surface area contributed by atoms with Gasteiger partial charge < -0.3 is 9.52 Å². The zero-order chi connectivity index (χ0) is 22.7. The van der Waals surface area contributed by atoms with Gasteiger partial charge in [0.15, 0.2) is 5.43 Å². The van der Waals surface area contributed by atoms with Crippen molar-refractivity contribution in [2.24, 2.45) is 0 Å². The minimum absolute atomic E-state index is 0.0839. The van der Waals surface area contributed by atoms with Crippen LogP contribution in [0.25, 0.3) is 22.3 Å². The van der Waals surface area contributed by atoms with Crippen molar-refractivity contribution in [3.63, 3.8) is 0 Å². The van der Waals surface area contributed by atoms with E-state index in [0.29, 0.717) is 41.7 Å². The number of benzene rings is 3. The van der Waals surface area contributed by atoms with Gasteiger partial charge in [0.05, 0.1) is 10.9 Å². The molecule has 0 saturated carbocycles. The number of hydrogen-bond acceptors (Lipinski definition) is 3. The van der Waals surface area contributed by atoms with E-state index < -0.39 is 11.8 Å². The first-order valence-electron chi connectivity index (χ1n) is 10.6. The van der Waals surface area contributed by atoms with Gasteiger partial charge >= 0.3 is 5.97 Å². The second-order valence-electron chi connectivity index (χ2n) is 7.97. The molecule has 0 saturated heterocycles. The van der Waals surface area contributed by atoms with Gasteiger partial charge in [-0.1, -0.05) is 55.5 Å². The molecule has 0 amide bonds. The van der Waals surface area contributed by atoms with Gasteiger partial charge in [-0.3, -0.25) is 4.79 Å². The highest BCUT2D eigenvalue weighted by Crippen LogP contribution is 2.32. The molecule has 0 aliphatic rings. The number of aryl methyl sites for hydroxylation is 1. The molecule has 0 fully saturated rings. The highest BCUT2D eigenvalue weighted by molar-refractivity contribution is 5.89. The van der Waals surface area contributed by atoms with E-state index in [4.69, 9.17) is 4.42 Å². The van der Waals surface area contributed by atoms with E-state index in [-0.39, 0.29) is 16.7 Å². The summed E-state index contributed by atoms with van der Waals surface area (Å²) in [5.41, 5.74) is 2.61. The quantitative estimate of drug-likeness (QED) is 0.367. The SMILES string of the molecule is C[C@@H](CCCc1ccccc1C(=O)O)c1cc(F)cc2c(=O)cc(-c3ccccc3)oc12. The summed E-state index contributed by atoms with van der Waals surface area (Å²) in [5, 5.41) is 9.59. The highest BCUT2D eigenvalue weighted by atomic mass is 19.1. The highest BCUT2D eigenvalue weighted by Gasteiger charge is 2.17. The van der Waals surface area contributed by atoms with Crippen LogP contribution in [0, 0.1) is 5.82 Å². The lowest BCUT2D eigenvalue weighted by atomic mass is 9.91. The van der Waals surface area contributed by atoms with Crippen molar-refractivity contribution in [3.05, 3.63) is 106 Å². The Hall–Kier alpha value is -3.73. The molecule has 0 aliphatic heterocycles. The Morgan fingerprint density at radius 3 is 2.50 bits per heavy atom. The van der Waals surface area contributed by atoms with Gasteiger partial charge in [-0.05, 0) is 48.9 Å². The summed E-state index contributed by atoms with van der Waals surface area (Å²) in [4.78, 5) is 24.1. The monoisotopic (exact) mass is 430 g/mol. The minimum atomic E-state index is -0.944.